The third-order valence-corrected chi connectivity index (χ3v) is 8.36. The fourth-order valence-corrected chi connectivity index (χ4v) is 5.83. The second kappa shape index (κ2) is 12.2. The topological polar surface area (TPSA) is 56.8 Å². The first-order valence-corrected chi connectivity index (χ1v) is 14.6. The van der Waals surface area contributed by atoms with E-state index < -0.39 is 5.92 Å². The molecule has 39 heavy (non-hydrogen) atoms. The Balaban J connectivity index is 1.43. The van der Waals surface area contributed by atoms with Crippen LogP contribution in [0.15, 0.2) is 12.1 Å². The number of likely N-dealkylation sites (tertiary alicyclic amines) is 2. The number of hydrogen-bond acceptors (Lipinski definition) is 7. The van der Waals surface area contributed by atoms with Crippen LogP contribution in [0.2, 0.25) is 0 Å². The van der Waals surface area contributed by atoms with Gasteiger partial charge in [0.05, 0.1) is 18.2 Å². The molecule has 2 aromatic rings. The van der Waals surface area contributed by atoms with Crippen LogP contribution in [0, 0.1) is 11.8 Å². The predicted octanol–water partition coefficient (Wildman–Crippen LogP) is 5.00. The molecule has 9 heteroatoms. The third kappa shape index (κ3) is 6.90. The summed E-state index contributed by atoms with van der Waals surface area (Å²) in [4.78, 5) is 16.6. The molecule has 0 bridgehead atoms. The summed E-state index contributed by atoms with van der Waals surface area (Å²) in [7, 11) is 1.66. The third-order valence-electron chi connectivity index (χ3n) is 8.36. The maximum absolute atomic E-state index is 13.9. The highest BCUT2D eigenvalue weighted by Gasteiger charge is 2.35. The van der Waals surface area contributed by atoms with Crippen molar-refractivity contribution in [2.75, 3.05) is 63.1 Å². The van der Waals surface area contributed by atoms with Crippen molar-refractivity contribution in [2.45, 2.75) is 76.8 Å². The van der Waals surface area contributed by atoms with Crippen molar-refractivity contribution in [3.63, 3.8) is 0 Å². The van der Waals surface area contributed by atoms with Gasteiger partial charge in [0.1, 0.15) is 11.6 Å². The Morgan fingerprint density at radius 2 is 1.77 bits per heavy atom. The number of methoxy groups -OCH3 is 1. The number of rotatable bonds is 7. The number of anilines is 2. The van der Waals surface area contributed by atoms with Gasteiger partial charge < -0.3 is 24.8 Å². The Morgan fingerprint density at radius 1 is 1.05 bits per heavy atom. The molecule has 3 saturated heterocycles. The van der Waals surface area contributed by atoms with E-state index in [-0.39, 0.29) is 32.0 Å². The molecule has 0 spiro atoms. The Hall–Kier alpha value is -2.70. The molecule has 0 amide bonds. The summed E-state index contributed by atoms with van der Waals surface area (Å²) in [5.74, 6) is 5.94. The molecule has 5 rings (SSSR count). The molecular formula is C30H42F2N6O. The molecule has 0 unspecified atom stereocenters. The van der Waals surface area contributed by atoms with Crippen molar-refractivity contribution in [1.82, 2.24) is 19.8 Å². The SMILES string of the molecule is COc1cc2c(NC3CCN(C(C)C)CC3)nc(N3CCC(F)(F)CC3)nc2cc1C#CCCN1CCCC1. The number of nitrogens with one attached hydrogen (secondary N) is 1. The number of benzene rings is 1. The second-order valence-corrected chi connectivity index (χ2v) is 11.4. The lowest BCUT2D eigenvalue weighted by atomic mass is 10.0. The summed E-state index contributed by atoms with van der Waals surface area (Å²) in [6.07, 6.45) is 5.04. The van der Waals surface area contributed by atoms with Gasteiger partial charge in [-0.2, -0.15) is 4.98 Å². The van der Waals surface area contributed by atoms with Gasteiger partial charge in [-0.1, -0.05) is 11.8 Å². The predicted molar refractivity (Wildman–Crippen MR) is 153 cm³/mol. The molecule has 3 fully saturated rings. The normalized spacial score (nSPS) is 20.8. The van der Waals surface area contributed by atoms with E-state index in [4.69, 9.17) is 14.7 Å². The molecule has 3 aliphatic rings. The van der Waals surface area contributed by atoms with Gasteiger partial charge in [-0.3, -0.25) is 0 Å². The van der Waals surface area contributed by atoms with E-state index in [1.165, 1.54) is 12.8 Å². The average Bonchev–Trinajstić information content (AvgIpc) is 3.44. The Kier molecular flexibility index (Phi) is 8.73. The smallest absolute Gasteiger partial charge is 0.251 e. The molecule has 1 aromatic heterocycles. The highest BCUT2D eigenvalue weighted by Crippen LogP contribution is 2.34. The summed E-state index contributed by atoms with van der Waals surface area (Å²) in [5.41, 5.74) is 1.54. The van der Waals surface area contributed by atoms with Crippen molar-refractivity contribution in [3.05, 3.63) is 17.7 Å². The van der Waals surface area contributed by atoms with Crippen molar-refractivity contribution in [3.8, 4) is 17.6 Å². The van der Waals surface area contributed by atoms with Gasteiger partial charge in [0, 0.05) is 69.5 Å². The fourth-order valence-electron chi connectivity index (χ4n) is 5.83. The molecule has 0 radical (unpaired) electrons. The molecule has 1 aromatic carbocycles. The Morgan fingerprint density at radius 3 is 2.44 bits per heavy atom. The largest absolute Gasteiger partial charge is 0.495 e. The van der Waals surface area contributed by atoms with E-state index >= 15 is 0 Å². The van der Waals surface area contributed by atoms with Gasteiger partial charge in [-0.05, 0) is 64.8 Å². The van der Waals surface area contributed by atoms with Crippen LogP contribution >= 0.6 is 0 Å². The van der Waals surface area contributed by atoms with Crippen molar-refractivity contribution in [1.29, 1.82) is 0 Å². The van der Waals surface area contributed by atoms with Gasteiger partial charge in [0.2, 0.25) is 5.95 Å². The number of halogens is 2. The van der Waals surface area contributed by atoms with Crippen LogP contribution in [0.3, 0.4) is 0 Å². The van der Waals surface area contributed by atoms with Gasteiger partial charge in [0.15, 0.2) is 0 Å². The van der Waals surface area contributed by atoms with Crippen LogP contribution in [0.1, 0.15) is 64.4 Å². The Labute approximate surface area is 231 Å². The molecule has 0 saturated carbocycles. The lowest BCUT2D eigenvalue weighted by Crippen LogP contribution is -2.42. The standard InChI is InChI=1S/C30H42F2N6O/c1-22(2)37-16-9-24(10-17-37)33-28-25-21-27(39-3)23(8-4-5-13-36-14-6-7-15-36)20-26(25)34-29(35-28)38-18-11-30(31,32)12-19-38/h20-22,24H,5-7,9-19H2,1-3H3,(H,33,34,35). The summed E-state index contributed by atoms with van der Waals surface area (Å²) < 4.78 is 33.5. The van der Waals surface area contributed by atoms with Crippen LogP contribution in [0.4, 0.5) is 20.5 Å². The summed E-state index contributed by atoms with van der Waals surface area (Å²) in [5, 5.41) is 4.55. The average molecular weight is 541 g/mol. The van der Waals surface area contributed by atoms with Crippen LogP contribution in [-0.2, 0) is 0 Å². The maximum atomic E-state index is 13.9. The zero-order chi connectivity index (χ0) is 27.4. The van der Waals surface area contributed by atoms with E-state index in [0.717, 1.165) is 74.3 Å². The maximum Gasteiger partial charge on any atom is 0.251 e. The molecule has 1 N–H and O–H groups in total. The minimum absolute atomic E-state index is 0.179. The first kappa shape index (κ1) is 27.9. The van der Waals surface area contributed by atoms with Gasteiger partial charge in [-0.25, -0.2) is 13.8 Å². The minimum Gasteiger partial charge on any atom is -0.495 e. The van der Waals surface area contributed by atoms with Crippen LogP contribution in [-0.4, -0.2) is 90.7 Å². The van der Waals surface area contributed by atoms with Crippen molar-refractivity contribution < 1.29 is 13.5 Å². The van der Waals surface area contributed by atoms with E-state index in [1.807, 2.05) is 17.0 Å². The number of nitrogens with zero attached hydrogens (tertiary/aromatic N) is 5. The first-order chi connectivity index (χ1) is 18.8. The lowest BCUT2D eigenvalue weighted by Gasteiger charge is -2.35. The zero-order valence-corrected chi connectivity index (χ0v) is 23.6. The Bertz CT molecular complexity index is 1190. The van der Waals surface area contributed by atoms with Crippen molar-refractivity contribution in [2.24, 2.45) is 0 Å². The highest BCUT2D eigenvalue weighted by atomic mass is 19.3. The number of alkyl halides is 2. The van der Waals surface area contributed by atoms with Gasteiger partial charge >= 0.3 is 0 Å². The van der Waals surface area contributed by atoms with E-state index in [9.17, 15) is 8.78 Å². The van der Waals surface area contributed by atoms with E-state index in [1.54, 1.807) is 7.11 Å². The summed E-state index contributed by atoms with van der Waals surface area (Å²) >= 11 is 0. The number of fused-ring (bicyclic) bond motifs is 1. The zero-order valence-electron chi connectivity index (χ0n) is 23.6. The van der Waals surface area contributed by atoms with E-state index in [2.05, 4.69) is 40.8 Å². The first-order valence-electron chi connectivity index (χ1n) is 14.6. The molecule has 4 heterocycles. The molecule has 212 valence electrons. The van der Waals surface area contributed by atoms with Crippen LogP contribution < -0.4 is 15.0 Å². The number of ether oxygens (including phenoxy) is 1. The quantitative estimate of drug-likeness (QED) is 0.497. The summed E-state index contributed by atoms with van der Waals surface area (Å²) in [6, 6.07) is 4.76. The highest BCUT2D eigenvalue weighted by molar-refractivity contribution is 5.93. The van der Waals surface area contributed by atoms with Gasteiger partial charge in [0.25, 0.3) is 5.92 Å². The second-order valence-electron chi connectivity index (χ2n) is 11.4. The van der Waals surface area contributed by atoms with Gasteiger partial charge in [-0.15, -0.1) is 0 Å². The number of piperidine rings is 2. The molecular weight excluding hydrogens is 498 g/mol. The number of hydrogen-bond donors (Lipinski definition) is 1. The fraction of sp³-hybridized carbons (Fsp3) is 0.667. The molecule has 7 nitrogen and oxygen atoms in total. The molecule has 3 aliphatic heterocycles. The molecule has 0 atom stereocenters. The molecule has 0 aliphatic carbocycles. The summed E-state index contributed by atoms with van der Waals surface area (Å²) in [6.45, 7) is 10.3. The lowest BCUT2D eigenvalue weighted by molar-refractivity contribution is -0.0222. The van der Waals surface area contributed by atoms with Crippen LogP contribution in [0.5, 0.6) is 5.75 Å². The minimum atomic E-state index is -2.62. The monoisotopic (exact) mass is 540 g/mol. The number of aromatic nitrogens is 2. The van der Waals surface area contributed by atoms with Crippen molar-refractivity contribution >= 4 is 22.7 Å². The van der Waals surface area contributed by atoms with E-state index in [0.29, 0.717) is 17.7 Å². The van der Waals surface area contributed by atoms with Crippen LogP contribution in [0.25, 0.3) is 10.9 Å².